The number of hydrogen-bond donors (Lipinski definition) is 2. The number of aliphatic hydroxyl groups excluding tert-OH is 2. The van der Waals surface area contributed by atoms with Crippen molar-refractivity contribution < 1.29 is 124 Å². The highest BCUT2D eigenvalue weighted by atomic mass is 16.8. The molecule has 2 N–H and O–H groups in total. The van der Waals surface area contributed by atoms with Gasteiger partial charge in [0.25, 0.3) is 0 Å². The first-order valence-corrected chi connectivity index (χ1v) is 30.5. The van der Waals surface area contributed by atoms with Crippen LogP contribution in [0.15, 0.2) is 152 Å². The second kappa shape index (κ2) is 30.7. The van der Waals surface area contributed by atoms with Crippen LogP contribution in [0.5, 0.6) is 11.5 Å². The highest BCUT2D eigenvalue weighted by Crippen LogP contribution is 2.45. The quantitative estimate of drug-likeness (QED) is 0.0520. The van der Waals surface area contributed by atoms with Gasteiger partial charge in [0.2, 0.25) is 0 Å². The van der Waals surface area contributed by atoms with Crippen molar-refractivity contribution in [1.29, 1.82) is 0 Å². The molecular formula is C68H74O26. The molecule has 94 heavy (non-hydrogen) atoms. The lowest BCUT2D eigenvalue weighted by molar-refractivity contribution is -0.402. The van der Waals surface area contributed by atoms with Crippen molar-refractivity contribution in [3.63, 3.8) is 0 Å². The van der Waals surface area contributed by atoms with Crippen LogP contribution in [0.4, 0.5) is 0 Å². The summed E-state index contributed by atoms with van der Waals surface area (Å²) in [6.07, 6.45) is -28.9. The summed E-state index contributed by atoms with van der Waals surface area (Å²) in [5.41, 5.74) is 1.31. The zero-order valence-corrected chi connectivity index (χ0v) is 52.1. The Hall–Kier alpha value is -7.77. The maximum atomic E-state index is 14.8. The van der Waals surface area contributed by atoms with Crippen molar-refractivity contribution in [2.24, 2.45) is 11.8 Å². The molecule has 11 rings (SSSR count). The van der Waals surface area contributed by atoms with Crippen molar-refractivity contribution in [2.45, 2.75) is 137 Å². The predicted octanol–water partition coefficient (Wildman–Crippen LogP) is 5.51. The van der Waals surface area contributed by atoms with Crippen molar-refractivity contribution in [2.75, 3.05) is 48.3 Å². The molecule has 0 radical (unpaired) electrons. The van der Waals surface area contributed by atoms with E-state index >= 15 is 0 Å². The molecule has 0 aliphatic carbocycles. The Labute approximate surface area is 540 Å². The minimum atomic E-state index is -2.03. The molecule has 26 heteroatoms. The number of ether oxygens (including phenoxy) is 19. The molecule has 6 aliphatic heterocycles. The number of fused-ring (bicyclic) bond motifs is 2. The number of hydrogen-bond acceptors (Lipinski definition) is 26. The number of carbonyl (C=O) groups is 5. The van der Waals surface area contributed by atoms with E-state index in [1.165, 1.54) is 43.5 Å². The van der Waals surface area contributed by atoms with Gasteiger partial charge in [-0.15, -0.1) is 6.58 Å². The lowest BCUT2D eigenvalue weighted by atomic mass is 9.89. The molecule has 0 bridgehead atoms. The molecule has 5 aromatic carbocycles. The Balaban J connectivity index is 0.993. The van der Waals surface area contributed by atoms with E-state index in [4.69, 9.17) is 90.0 Å². The maximum Gasteiger partial charge on any atom is 0.338 e. The second-order valence-electron chi connectivity index (χ2n) is 22.9. The fraction of sp³-hybridized carbons (Fsp3) is 0.456. The summed E-state index contributed by atoms with van der Waals surface area (Å²) in [6.45, 7) is 6.98. The van der Waals surface area contributed by atoms with Crippen LogP contribution in [0, 0.1) is 11.8 Å². The molecule has 502 valence electrons. The monoisotopic (exact) mass is 1310 g/mol. The molecule has 6 fully saturated rings. The van der Waals surface area contributed by atoms with E-state index in [1.54, 1.807) is 130 Å². The van der Waals surface area contributed by atoms with Gasteiger partial charge in [-0.05, 0) is 60.7 Å². The highest BCUT2D eigenvalue weighted by molar-refractivity contribution is 5.91. The molecule has 0 aromatic heterocycles. The molecule has 26 nitrogen and oxygen atoms in total. The van der Waals surface area contributed by atoms with Crippen LogP contribution in [0.3, 0.4) is 0 Å². The van der Waals surface area contributed by atoms with Gasteiger partial charge in [0.05, 0.1) is 77.2 Å². The zero-order chi connectivity index (χ0) is 66.2. The predicted molar refractivity (Wildman–Crippen MR) is 320 cm³/mol. The molecule has 10 unspecified atom stereocenters. The second-order valence-corrected chi connectivity index (χ2v) is 22.9. The number of rotatable bonds is 21. The average molecular weight is 1310 g/mol. The van der Waals surface area contributed by atoms with Gasteiger partial charge in [-0.2, -0.15) is 0 Å². The third kappa shape index (κ3) is 14.8. The van der Waals surface area contributed by atoms with Gasteiger partial charge in [0, 0.05) is 23.0 Å². The van der Waals surface area contributed by atoms with Crippen LogP contribution in [0.1, 0.15) is 68.6 Å². The summed E-state index contributed by atoms with van der Waals surface area (Å²) < 4.78 is 119. The molecule has 5 aromatic rings. The van der Waals surface area contributed by atoms with Crippen LogP contribution in [-0.4, -0.2) is 199 Å². The van der Waals surface area contributed by atoms with E-state index in [1.807, 2.05) is 0 Å². The van der Waals surface area contributed by atoms with E-state index in [9.17, 15) is 34.2 Å². The Morgan fingerprint density at radius 3 is 1.32 bits per heavy atom. The fourth-order valence-corrected chi connectivity index (χ4v) is 12.0. The molecule has 6 saturated heterocycles. The third-order valence-electron chi connectivity index (χ3n) is 17.0. The zero-order valence-electron chi connectivity index (χ0n) is 52.1. The normalized spacial score (nSPS) is 33.8. The van der Waals surface area contributed by atoms with Crippen LogP contribution in [0.25, 0.3) is 0 Å². The minimum absolute atomic E-state index is 0.0248. The molecule has 6 aliphatic rings. The smallest absolute Gasteiger partial charge is 0.338 e. The van der Waals surface area contributed by atoms with E-state index in [2.05, 4.69) is 6.58 Å². The fourth-order valence-electron chi connectivity index (χ4n) is 12.0. The van der Waals surface area contributed by atoms with Gasteiger partial charge in [-0.25, -0.2) is 24.0 Å². The summed E-state index contributed by atoms with van der Waals surface area (Å²) in [7, 11) is 5.19. The first-order valence-electron chi connectivity index (χ1n) is 30.5. The van der Waals surface area contributed by atoms with Gasteiger partial charge in [-0.1, -0.05) is 98.8 Å². The van der Waals surface area contributed by atoms with Crippen LogP contribution < -0.4 is 9.47 Å². The highest BCUT2D eigenvalue weighted by Gasteiger charge is 2.61. The topological polar surface area (TPSA) is 301 Å². The molecule has 6 heterocycles. The Morgan fingerprint density at radius 1 is 0.457 bits per heavy atom. The molecule has 0 amide bonds. The summed E-state index contributed by atoms with van der Waals surface area (Å²) in [5.74, 6) is -5.83. The van der Waals surface area contributed by atoms with Gasteiger partial charge in [0.15, 0.2) is 68.3 Å². The van der Waals surface area contributed by atoms with E-state index in [0.29, 0.717) is 22.6 Å². The first kappa shape index (κ1) is 67.6. The summed E-state index contributed by atoms with van der Waals surface area (Å²) in [5, 5.41) is 23.2. The van der Waals surface area contributed by atoms with Crippen molar-refractivity contribution in [3.05, 3.63) is 180 Å². The van der Waals surface area contributed by atoms with Gasteiger partial charge >= 0.3 is 29.8 Å². The van der Waals surface area contributed by atoms with Crippen LogP contribution in [-0.2, 0) is 90.1 Å². The first-order chi connectivity index (χ1) is 45.6. The van der Waals surface area contributed by atoms with Gasteiger partial charge in [-0.3, -0.25) is 0 Å². The number of carbonyl (C=O) groups excluding carboxylic acids is 5. The number of esters is 5. The molecule has 22 atom stereocenters. The Kier molecular flexibility index (Phi) is 22.1. The van der Waals surface area contributed by atoms with Crippen LogP contribution >= 0.6 is 0 Å². The Morgan fingerprint density at radius 2 is 0.862 bits per heavy atom. The van der Waals surface area contributed by atoms with Crippen molar-refractivity contribution in [3.8, 4) is 11.5 Å². The third-order valence-corrected chi connectivity index (χ3v) is 17.0. The molecule has 0 spiro atoms. The van der Waals surface area contributed by atoms with Crippen molar-refractivity contribution in [1.82, 2.24) is 0 Å². The summed E-state index contributed by atoms with van der Waals surface area (Å²) >= 11 is 0. The van der Waals surface area contributed by atoms with Gasteiger partial charge < -0.3 is 100 Å². The summed E-state index contributed by atoms with van der Waals surface area (Å²) in [6, 6.07) is 37.4. The number of benzene rings is 5. The van der Waals surface area contributed by atoms with Crippen molar-refractivity contribution >= 4 is 29.8 Å². The number of aliphatic hydroxyl groups is 2. The SMILES string of the molecule is C=CCO[C@@H]1OC2COC(c3ccc(OC)cc3)O[C@@H]2[C@H](O[C@@H]2OC(C(=O)OC)[C@H](O[C@@H]3OC4COC(c5ccc(OC)cc5)O[C@@H]4[C@H](O[C@@H]4OC(C(=O)OC)[C@H](O)[C@H](O)C4OC(=O)c4ccccc4)C3C)[C@H](OC(=O)c3ccccc3)C2OC(=O)c2ccccc2)C1C. The standard InChI is InChI=1S/C68H74O26/c1-8-32-80-63-35(2)48(50-44(83-63)33-81-65(90-50)40-24-28-42(76-4)29-25-40)89-68-57(87-60(73)39-22-16-11-17-23-39)55(86-59(72)38-20-14-10-15-21-38)54(56(94-68)62(75)79-7)93-64-36(3)49(51-45(84-64)34-82-66(91-51)41-26-30-43(77-5)31-27-41)88-67-53(85-58(71)37-18-12-9-13-19-37)47(70)46(69)52(92-67)61(74)78-6/h8-31,35-36,44-57,63-70H,1,32-34H2,2-7H3/t35?,36?,44?,45?,46-,47+,48-,49-,50+,51+,52?,53?,54-,55+,56?,57?,63-,64+,65?,66?,67-,68-/m1/s1. The van der Waals surface area contributed by atoms with Gasteiger partial charge in [0.1, 0.15) is 54.2 Å². The lowest BCUT2D eigenvalue weighted by Crippen LogP contribution is -2.68. The maximum absolute atomic E-state index is 14.8. The van der Waals surface area contributed by atoms with E-state index in [0.717, 1.165) is 14.2 Å². The minimum Gasteiger partial charge on any atom is -0.497 e. The Bertz CT molecular complexity index is 3340. The summed E-state index contributed by atoms with van der Waals surface area (Å²) in [4.78, 5) is 71.5. The molecular weight excluding hydrogens is 1230 g/mol. The van der Waals surface area contributed by atoms with E-state index < -0.39 is 165 Å². The largest absolute Gasteiger partial charge is 0.497 e. The number of methoxy groups -OCH3 is 4. The van der Waals surface area contributed by atoms with E-state index in [-0.39, 0.29) is 36.5 Å². The average Bonchev–Trinajstić information content (AvgIpc) is 0.774. The molecule has 0 saturated carbocycles. The van der Waals surface area contributed by atoms with Crippen LogP contribution in [0.2, 0.25) is 0 Å². The lowest BCUT2D eigenvalue weighted by Gasteiger charge is -2.52.